The highest BCUT2D eigenvalue weighted by atomic mass is 32.2. The second-order valence-corrected chi connectivity index (χ2v) is 12.5. The summed E-state index contributed by atoms with van der Waals surface area (Å²) in [6, 6.07) is 17.2. The number of hydrogen-bond donors (Lipinski definition) is 2. The molecule has 0 spiro atoms. The number of aliphatic hydroxyl groups is 1. The highest BCUT2D eigenvalue weighted by Crippen LogP contribution is 2.28. The van der Waals surface area contributed by atoms with Crippen molar-refractivity contribution in [2.24, 2.45) is 0 Å². The normalized spacial score (nSPS) is 16.9. The number of hydrogen-bond acceptors (Lipinski definition) is 8. The van der Waals surface area contributed by atoms with Gasteiger partial charge in [-0.25, -0.2) is 18.2 Å². The van der Waals surface area contributed by atoms with Crippen molar-refractivity contribution in [1.29, 1.82) is 0 Å². The van der Waals surface area contributed by atoms with Gasteiger partial charge in [0, 0.05) is 35.7 Å². The van der Waals surface area contributed by atoms with Gasteiger partial charge in [0.05, 0.1) is 17.9 Å². The van der Waals surface area contributed by atoms with Crippen molar-refractivity contribution in [2.75, 3.05) is 12.3 Å². The molecule has 2 N–H and O–H groups in total. The summed E-state index contributed by atoms with van der Waals surface area (Å²) in [4.78, 5) is 28.6. The number of para-hydroxylation sites is 1. The van der Waals surface area contributed by atoms with Crippen LogP contribution in [0.15, 0.2) is 80.9 Å². The minimum Gasteiger partial charge on any atom is -0.476 e. The molecule has 1 fully saturated rings. The summed E-state index contributed by atoms with van der Waals surface area (Å²) < 4.78 is 31.0. The standard InChI is InChI=1S/C28H26N2O7S2/c31-22(15-18-4-3-6-19(14-18)25-16-20-5-1-2-7-24(20)37-25)10-8-21-9-11-26(32)30(21)12-13-39(35,36)28-29-23(17-38-28)27(33)34/h1-8,10,14,16-17,21-22,31H,9,11-13,15H2,(H,33,34)/b10-8+/t21-,22+/m0/s1. The van der Waals surface area contributed by atoms with E-state index in [2.05, 4.69) is 4.98 Å². The van der Waals surface area contributed by atoms with Gasteiger partial charge in [0.25, 0.3) is 0 Å². The first-order valence-electron chi connectivity index (χ1n) is 12.3. The number of nitrogens with zero attached hydrogens (tertiary/aromatic N) is 2. The van der Waals surface area contributed by atoms with Crippen LogP contribution in [0.25, 0.3) is 22.3 Å². The molecule has 1 aliphatic heterocycles. The molecule has 4 aromatic rings. The Balaban J connectivity index is 1.21. The van der Waals surface area contributed by atoms with Gasteiger partial charge in [-0.3, -0.25) is 4.79 Å². The second-order valence-electron chi connectivity index (χ2n) is 9.32. The SMILES string of the molecule is O=C(O)c1csc(S(=O)(=O)CCN2C(=O)CC[C@@H]2/C=C/[C@@H](O)Cc2cccc(-c3cc4ccccc4o3)c2)n1. The summed E-state index contributed by atoms with van der Waals surface area (Å²) in [6.07, 6.45) is 3.74. The summed E-state index contributed by atoms with van der Waals surface area (Å²) >= 11 is 0.748. The number of carbonyl (C=O) groups is 2. The number of likely N-dealkylation sites (tertiary alicyclic amines) is 1. The van der Waals surface area contributed by atoms with Gasteiger partial charge in [0.15, 0.2) is 5.69 Å². The fourth-order valence-electron chi connectivity index (χ4n) is 4.59. The van der Waals surface area contributed by atoms with Gasteiger partial charge in [-0.15, -0.1) is 11.3 Å². The smallest absolute Gasteiger partial charge is 0.355 e. The van der Waals surface area contributed by atoms with E-state index in [1.807, 2.05) is 54.6 Å². The monoisotopic (exact) mass is 566 g/mol. The zero-order valence-corrected chi connectivity index (χ0v) is 22.4. The van der Waals surface area contributed by atoms with Crippen LogP contribution in [-0.4, -0.2) is 64.8 Å². The minimum atomic E-state index is -3.85. The highest BCUT2D eigenvalue weighted by molar-refractivity contribution is 7.93. The van der Waals surface area contributed by atoms with Gasteiger partial charge in [0.1, 0.15) is 11.3 Å². The maximum absolute atomic E-state index is 12.6. The lowest BCUT2D eigenvalue weighted by molar-refractivity contribution is -0.128. The minimum absolute atomic E-state index is 0.0478. The molecule has 0 aliphatic carbocycles. The summed E-state index contributed by atoms with van der Waals surface area (Å²) in [5.74, 6) is -1.09. The molecule has 2 atom stereocenters. The Bertz CT molecular complexity index is 1620. The fraction of sp³-hybridized carbons (Fsp3) is 0.250. The van der Waals surface area contributed by atoms with E-state index in [-0.39, 0.29) is 40.7 Å². The molecule has 11 heteroatoms. The Kier molecular flexibility index (Phi) is 7.65. The van der Waals surface area contributed by atoms with Crippen LogP contribution in [0, 0.1) is 0 Å². The summed E-state index contributed by atoms with van der Waals surface area (Å²) in [5, 5.41) is 21.9. The zero-order chi connectivity index (χ0) is 27.6. The van der Waals surface area contributed by atoms with E-state index in [1.54, 1.807) is 12.2 Å². The Morgan fingerprint density at radius 2 is 2.03 bits per heavy atom. The molecular weight excluding hydrogens is 540 g/mol. The Morgan fingerprint density at radius 1 is 1.21 bits per heavy atom. The molecule has 0 unspecified atom stereocenters. The van der Waals surface area contributed by atoms with Crippen LogP contribution >= 0.6 is 11.3 Å². The van der Waals surface area contributed by atoms with Crippen molar-refractivity contribution >= 4 is 44.0 Å². The van der Waals surface area contributed by atoms with Crippen LogP contribution in [0.2, 0.25) is 0 Å². The van der Waals surface area contributed by atoms with Crippen molar-refractivity contribution in [3.63, 3.8) is 0 Å². The van der Waals surface area contributed by atoms with Gasteiger partial charge in [-0.2, -0.15) is 0 Å². The Morgan fingerprint density at radius 3 is 2.79 bits per heavy atom. The molecule has 0 bridgehead atoms. The van der Waals surface area contributed by atoms with Crippen LogP contribution < -0.4 is 0 Å². The van der Waals surface area contributed by atoms with Crippen molar-refractivity contribution in [3.05, 3.63) is 83.4 Å². The molecule has 39 heavy (non-hydrogen) atoms. The van der Waals surface area contributed by atoms with Crippen LogP contribution in [0.1, 0.15) is 28.9 Å². The summed E-state index contributed by atoms with van der Waals surface area (Å²) in [7, 11) is -3.85. The number of rotatable bonds is 10. The van der Waals surface area contributed by atoms with Crippen LogP contribution in [0.3, 0.4) is 0 Å². The fourth-order valence-corrected chi connectivity index (χ4v) is 6.94. The average molecular weight is 567 g/mol. The van der Waals surface area contributed by atoms with E-state index < -0.39 is 21.9 Å². The lowest BCUT2D eigenvalue weighted by atomic mass is 10.0. The predicted molar refractivity (Wildman–Crippen MR) is 146 cm³/mol. The predicted octanol–water partition coefficient (Wildman–Crippen LogP) is 4.18. The van der Waals surface area contributed by atoms with Crippen molar-refractivity contribution in [1.82, 2.24) is 9.88 Å². The van der Waals surface area contributed by atoms with E-state index in [1.165, 1.54) is 10.3 Å². The van der Waals surface area contributed by atoms with Gasteiger partial charge < -0.3 is 19.5 Å². The van der Waals surface area contributed by atoms with Crippen LogP contribution in [-0.2, 0) is 21.1 Å². The Labute approximate surface area is 228 Å². The number of benzene rings is 2. The number of aliphatic hydroxyl groups excluding tert-OH is 1. The largest absolute Gasteiger partial charge is 0.476 e. The first-order chi connectivity index (χ1) is 18.7. The van der Waals surface area contributed by atoms with Gasteiger partial charge in [0.2, 0.25) is 20.1 Å². The molecule has 0 radical (unpaired) electrons. The van der Waals surface area contributed by atoms with Crippen molar-refractivity contribution < 1.29 is 32.6 Å². The number of fused-ring (bicyclic) bond motifs is 1. The maximum atomic E-state index is 12.6. The number of aromatic carboxylic acids is 1. The molecule has 3 heterocycles. The highest BCUT2D eigenvalue weighted by Gasteiger charge is 2.31. The number of carboxylic acid groups (broad SMARTS) is 1. The van der Waals surface area contributed by atoms with Gasteiger partial charge >= 0.3 is 5.97 Å². The molecule has 9 nitrogen and oxygen atoms in total. The lowest BCUT2D eigenvalue weighted by Crippen LogP contribution is -2.36. The number of thiazole rings is 1. The molecule has 0 saturated carbocycles. The van der Waals surface area contributed by atoms with E-state index in [9.17, 15) is 23.1 Å². The maximum Gasteiger partial charge on any atom is 0.355 e. The first-order valence-corrected chi connectivity index (χ1v) is 14.9. The number of sulfone groups is 1. The van der Waals surface area contributed by atoms with Gasteiger partial charge in [-0.05, 0) is 30.2 Å². The van der Waals surface area contributed by atoms with E-state index in [0.29, 0.717) is 12.8 Å². The molecule has 1 saturated heterocycles. The van der Waals surface area contributed by atoms with Gasteiger partial charge in [-0.1, -0.05) is 48.6 Å². The molecule has 1 aliphatic rings. The summed E-state index contributed by atoms with van der Waals surface area (Å²) in [5.41, 5.74) is 2.30. The second kappa shape index (κ2) is 11.1. The topological polar surface area (TPSA) is 138 Å². The first kappa shape index (κ1) is 26.8. The number of aromatic nitrogens is 1. The Hall–Kier alpha value is -3.80. The van der Waals surface area contributed by atoms with Crippen molar-refractivity contribution in [3.8, 4) is 11.3 Å². The third-order valence-corrected chi connectivity index (χ3v) is 9.61. The zero-order valence-electron chi connectivity index (χ0n) is 20.8. The number of carboxylic acids is 1. The van der Waals surface area contributed by atoms with E-state index in [0.717, 1.165) is 39.2 Å². The molecule has 202 valence electrons. The quantitative estimate of drug-likeness (QED) is 0.273. The average Bonchev–Trinajstić information content (AvgIpc) is 3.65. The lowest BCUT2D eigenvalue weighted by Gasteiger charge is -2.22. The number of carbonyl (C=O) groups excluding carboxylic acids is 1. The summed E-state index contributed by atoms with van der Waals surface area (Å²) in [6.45, 7) is -0.0478. The van der Waals surface area contributed by atoms with E-state index in [4.69, 9.17) is 9.52 Å². The van der Waals surface area contributed by atoms with E-state index >= 15 is 0 Å². The van der Waals surface area contributed by atoms with Crippen LogP contribution in [0.5, 0.6) is 0 Å². The van der Waals surface area contributed by atoms with Crippen LogP contribution in [0.4, 0.5) is 0 Å². The van der Waals surface area contributed by atoms with Crippen molar-refractivity contribution in [2.45, 2.75) is 35.7 Å². The molecule has 5 rings (SSSR count). The molecule has 2 aromatic heterocycles. The molecule has 1 amide bonds. The third kappa shape index (κ3) is 6.11. The molecule has 2 aromatic carbocycles. The third-order valence-electron chi connectivity index (χ3n) is 6.58. The molecular formula is C28H26N2O7S2. The number of amides is 1. The number of furan rings is 1.